The molecule has 0 N–H and O–H groups in total. The van der Waals surface area contributed by atoms with Gasteiger partial charge in [0.2, 0.25) is 0 Å². The standard InChI is InChI=1S/C12H24OSi/c1-3-4-5-8-11-14-12(2)9-6-7-10-13-12/h8,11H,3-7,9-10,14H2,1-2H3. The summed E-state index contributed by atoms with van der Waals surface area (Å²) in [6, 6.07) is 0. The first-order chi connectivity index (χ1) is 6.77. The monoisotopic (exact) mass is 212 g/mol. The molecule has 1 heterocycles. The van der Waals surface area contributed by atoms with E-state index < -0.39 is 0 Å². The zero-order valence-electron chi connectivity index (χ0n) is 9.72. The lowest BCUT2D eigenvalue weighted by Crippen LogP contribution is -2.38. The van der Waals surface area contributed by atoms with Crippen LogP contribution in [0.5, 0.6) is 0 Å². The van der Waals surface area contributed by atoms with Gasteiger partial charge in [-0.25, -0.2) is 0 Å². The fourth-order valence-corrected chi connectivity index (χ4v) is 3.54. The van der Waals surface area contributed by atoms with Crippen LogP contribution in [0.2, 0.25) is 0 Å². The average molecular weight is 212 g/mol. The molecule has 0 spiro atoms. The van der Waals surface area contributed by atoms with Gasteiger partial charge in [0.25, 0.3) is 0 Å². The second-order valence-electron chi connectivity index (χ2n) is 4.57. The fraction of sp³-hybridized carbons (Fsp3) is 0.833. The van der Waals surface area contributed by atoms with Crippen molar-refractivity contribution in [2.75, 3.05) is 6.61 Å². The van der Waals surface area contributed by atoms with Gasteiger partial charge in [-0.15, -0.1) is 5.70 Å². The van der Waals surface area contributed by atoms with E-state index in [1.807, 2.05) is 0 Å². The van der Waals surface area contributed by atoms with Gasteiger partial charge in [0.15, 0.2) is 0 Å². The van der Waals surface area contributed by atoms with Crippen molar-refractivity contribution < 1.29 is 4.74 Å². The average Bonchev–Trinajstić information content (AvgIpc) is 2.18. The molecule has 0 radical (unpaired) electrons. The van der Waals surface area contributed by atoms with Crippen molar-refractivity contribution in [2.24, 2.45) is 0 Å². The normalized spacial score (nSPS) is 29.3. The summed E-state index contributed by atoms with van der Waals surface area (Å²) >= 11 is 0. The molecule has 0 saturated carbocycles. The number of allylic oxidation sites excluding steroid dienone is 1. The molecule has 0 aromatic rings. The first kappa shape index (κ1) is 12.0. The smallest absolute Gasteiger partial charge is 0.0826 e. The van der Waals surface area contributed by atoms with E-state index in [2.05, 4.69) is 25.6 Å². The van der Waals surface area contributed by atoms with Crippen LogP contribution in [-0.2, 0) is 4.74 Å². The quantitative estimate of drug-likeness (QED) is 0.503. The predicted molar refractivity (Wildman–Crippen MR) is 65.4 cm³/mol. The number of unbranched alkanes of at least 4 members (excludes halogenated alkanes) is 2. The molecule has 14 heavy (non-hydrogen) atoms. The molecule has 82 valence electrons. The van der Waals surface area contributed by atoms with Gasteiger partial charge < -0.3 is 4.74 Å². The van der Waals surface area contributed by atoms with E-state index in [1.165, 1.54) is 38.5 Å². The summed E-state index contributed by atoms with van der Waals surface area (Å²) in [6.07, 6.45) is 10.2. The Balaban J connectivity index is 2.17. The summed E-state index contributed by atoms with van der Waals surface area (Å²) in [5.41, 5.74) is 2.45. The van der Waals surface area contributed by atoms with Gasteiger partial charge in [0.1, 0.15) is 0 Å². The summed E-state index contributed by atoms with van der Waals surface area (Å²) in [5, 5.41) is 0.279. The molecular formula is C12H24OSi. The Bertz CT molecular complexity index is 171. The first-order valence-corrected chi connectivity index (χ1v) is 7.58. The number of hydrogen-bond acceptors (Lipinski definition) is 1. The molecule has 1 atom stereocenters. The Morgan fingerprint density at radius 1 is 1.43 bits per heavy atom. The van der Waals surface area contributed by atoms with Gasteiger partial charge in [-0.2, -0.15) is 0 Å². The highest BCUT2D eigenvalue weighted by Crippen LogP contribution is 2.23. The maximum absolute atomic E-state index is 5.88. The third-order valence-corrected chi connectivity index (χ3v) is 4.98. The van der Waals surface area contributed by atoms with Gasteiger partial charge in [-0.3, -0.25) is 0 Å². The Kier molecular flexibility index (Phi) is 5.49. The van der Waals surface area contributed by atoms with E-state index in [-0.39, 0.29) is 14.7 Å². The van der Waals surface area contributed by atoms with Crippen LogP contribution in [0.15, 0.2) is 11.8 Å². The molecule has 0 aliphatic carbocycles. The largest absolute Gasteiger partial charge is 0.379 e. The molecule has 1 aliphatic heterocycles. The minimum absolute atomic E-state index is 0.162. The predicted octanol–water partition coefficient (Wildman–Crippen LogP) is 2.78. The Morgan fingerprint density at radius 3 is 2.93 bits per heavy atom. The lowest BCUT2D eigenvalue weighted by Gasteiger charge is -2.32. The molecule has 1 nitrogen and oxygen atoms in total. The zero-order chi connectivity index (χ0) is 10.3. The molecule has 1 unspecified atom stereocenters. The summed E-state index contributed by atoms with van der Waals surface area (Å²) in [5.74, 6) is 0. The van der Waals surface area contributed by atoms with Gasteiger partial charge in [-0.1, -0.05) is 25.8 Å². The minimum Gasteiger partial charge on any atom is -0.379 e. The molecule has 0 aromatic heterocycles. The van der Waals surface area contributed by atoms with Gasteiger partial charge in [0, 0.05) is 6.61 Å². The molecular weight excluding hydrogens is 188 g/mol. The number of rotatable bonds is 5. The molecule has 0 aromatic carbocycles. The maximum Gasteiger partial charge on any atom is 0.0826 e. The molecule has 1 fully saturated rings. The summed E-state index contributed by atoms with van der Waals surface area (Å²) < 4.78 is 5.88. The second-order valence-corrected chi connectivity index (χ2v) is 6.95. The third kappa shape index (κ3) is 4.42. The topological polar surface area (TPSA) is 9.23 Å². The number of hydrogen-bond donors (Lipinski definition) is 0. The van der Waals surface area contributed by atoms with Crippen molar-refractivity contribution in [3.8, 4) is 0 Å². The molecule has 0 amide bonds. The van der Waals surface area contributed by atoms with Gasteiger partial charge in [-0.05, 0) is 32.6 Å². The summed E-state index contributed by atoms with van der Waals surface area (Å²) in [4.78, 5) is 0. The van der Waals surface area contributed by atoms with E-state index in [1.54, 1.807) is 0 Å². The van der Waals surface area contributed by atoms with Crippen LogP contribution < -0.4 is 0 Å². The molecule has 2 heteroatoms. The van der Waals surface area contributed by atoms with Crippen molar-refractivity contribution in [1.82, 2.24) is 0 Å². The lowest BCUT2D eigenvalue weighted by molar-refractivity contribution is -0.00627. The lowest BCUT2D eigenvalue weighted by atomic mass is 10.1. The Morgan fingerprint density at radius 2 is 2.29 bits per heavy atom. The van der Waals surface area contributed by atoms with Crippen LogP contribution >= 0.6 is 0 Å². The van der Waals surface area contributed by atoms with E-state index in [0.29, 0.717) is 0 Å². The van der Waals surface area contributed by atoms with Crippen molar-refractivity contribution in [3.63, 3.8) is 0 Å². The SMILES string of the molecule is CCCCC=C[SiH2]C1(C)CCCCO1. The number of ether oxygens (including phenoxy) is 1. The zero-order valence-corrected chi connectivity index (χ0v) is 11.1. The Labute approximate surface area is 90.7 Å². The van der Waals surface area contributed by atoms with Crippen molar-refractivity contribution >= 4 is 9.52 Å². The van der Waals surface area contributed by atoms with Crippen LogP contribution in [0.1, 0.15) is 52.4 Å². The fourth-order valence-electron chi connectivity index (χ4n) is 1.93. The maximum atomic E-state index is 5.88. The summed E-state index contributed by atoms with van der Waals surface area (Å²) in [6.45, 7) is 5.55. The van der Waals surface area contributed by atoms with E-state index >= 15 is 0 Å². The van der Waals surface area contributed by atoms with E-state index in [4.69, 9.17) is 4.74 Å². The Hall–Kier alpha value is -0.0831. The van der Waals surface area contributed by atoms with E-state index in [0.717, 1.165) is 6.61 Å². The van der Waals surface area contributed by atoms with Crippen LogP contribution in [0.4, 0.5) is 0 Å². The van der Waals surface area contributed by atoms with E-state index in [9.17, 15) is 0 Å². The first-order valence-electron chi connectivity index (χ1n) is 6.06. The highest BCUT2D eigenvalue weighted by atomic mass is 28.2. The molecule has 1 aliphatic rings. The van der Waals surface area contributed by atoms with Crippen LogP contribution in [0, 0.1) is 0 Å². The molecule has 0 bridgehead atoms. The third-order valence-electron chi connectivity index (χ3n) is 2.99. The van der Waals surface area contributed by atoms with Gasteiger partial charge >= 0.3 is 0 Å². The van der Waals surface area contributed by atoms with Crippen LogP contribution in [0.25, 0.3) is 0 Å². The van der Waals surface area contributed by atoms with Crippen LogP contribution in [0.3, 0.4) is 0 Å². The molecule has 1 saturated heterocycles. The molecule has 1 rings (SSSR count). The summed E-state index contributed by atoms with van der Waals surface area (Å²) in [7, 11) is -0.162. The van der Waals surface area contributed by atoms with Crippen molar-refractivity contribution in [3.05, 3.63) is 11.8 Å². The second kappa shape index (κ2) is 6.41. The highest BCUT2D eigenvalue weighted by molar-refractivity contribution is 6.45. The van der Waals surface area contributed by atoms with Gasteiger partial charge in [0.05, 0.1) is 14.7 Å². The van der Waals surface area contributed by atoms with Crippen molar-refractivity contribution in [1.29, 1.82) is 0 Å². The van der Waals surface area contributed by atoms with Crippen LogP contribution in [-0.4, -0.2) is 21.4 Å². The van der Waals surface area contributed by atoms with Crippen molar-refractivity contribution in [2.45, 2.75) is 57.6 Å². The highest BCUT2D eigenvalue weighted by Gasteiger charge is 2.26. The minimum atomic E-state index is -0.162.